The number of benzene rings is 1. The number of esters is 1. The first-order chi connectivity index (χ1) is 10.3. The van der Waals surface area contributed by atoms with Crippen molar-refractivity contribution in [1.82, 2.24) is 4.90 Å². The second-order valence-electron chi connectivity index (χ2n) is 4.49. The maximum Gasteiger partial charge on any atom is 0.308 e. The smallest absolute Gasteiger partial charge is 0.308 e. The number of hydrogen-bond donors (Lipinski definition) is 0. The maximum absolute atomic E-state index is 11.9. The maximum atomic E-state index is 11.9. The molecule has 6 nitrogen and oxygen atoms in total. The number of amides is 1. The zero-order valence-corrected chi connectivity index (χ0v) is 14.2. The van der Waals surface area contributed by atoms with Gasteiger partial charge in [0.25, 0.3) is 5.91 Å². The highest BCUT2D eigenvalue weighted by Crippen LogP contribution is 2.34. The van der Waals surface area contributed by atoms with Crippen LogP contribution in [0.2, 0.25) is 0 Å². The van der Waals surface area contributed by atoms with Crippen LogP contribution < -0.4 is 9.47 Å². The molecular weight excluding hydrogens is 352 g/mol. The predicted octanol–water partition coefficient (Wildman–Crippen LogP) is 2.38. The van der Waals surface area contributed by atoms with E-state index in [0.717, 1.165) is 0 Å². The lowest BCUT2D eigenvalue weighted by Gasteiger charge is -2.12. The van der Waals surface area contributed by atoms with Crippen LogP contribution >= 0.6 is 15.9 Å². The number of nitriles is 1. The summed E-state index contributed by atoms with van der Waals surface area (Å²) in [5.74, 6) is -0.317. The molecule has 0 radical (unpaired) electrons. The van der Waals surface area contributed by atoms with Gasteiger partial charge in [-0.05, 0) is 23.8 Å². The Morgan fingerprint density at radius 1 is 1.32 bits per heavy atom. The van der Waals surface area contributed by atoms with Crippen molar-refractivity contribution in [3.63, 3.8) is 0 Å². The first kappa shape index (κ1) is 17.7. The number of nitrogens with zero attached hydrogens (tertiary/aromatic N) is 2. The van der Waals surface area contributed by atoms with Crippen molar-refractivity contribution in [2.24, 2.45) is 0 Å². The second kappa shape index (κ2) is 7.61. The molecule has 0 fully saturated rings. The van der Waals surface area contributed by atoms with E-state index in [-0.39, 0.29) is 11.3 Å². The Hall–Kier alpha value is -2.33. The highest BCUT2D eigenvalue weighted by molar-refractivity contribution is 9.10. The summed E-state index contributed by atoms with van der Waals surface area (Å²) < 4.78 is 10.8. The minimum Gasteiger partial charge on any atom is -0.493 e. The average molecular weight is 367 g/mol. The van der Waals surface area contributed by atoms with Crippen molar-refractivity contribution in [3.05, 3.63) is 27.7 Å². The van der Waals surface area contributed by atoms with Gasteiger partial charge in [-0.2, -0.15) is 5.26 Å². The van der Waals surface area contributed by atoms with Crippen LogP contribution in [0.5, 0.6) is 11.5 Å². The van der Waals surface area contributed by atoms with E-state index in [4.69, 9.17) is 14.7 Å². The first-order valence-corrected chi connectivity index (χ1v) is 6.98. The van der Waals surface area contributed by atoms with Crippen molar-refractivity contribution in [1.29, 1.82) is 5.26 Å². The van der Waals surface area contributed by atoms with Gasteiger partial charge in [0.2, 0.25) is 0 Å². The van der Waals surface area contributed by atoms with Gasteiger partial charge in [0.15, 0.2) is 11.5 Å². The summed E-state index contributed by atoms with van der Waals surface area (Å²) in [4.78, 5) is 24.3. The van der Waals surface area contributed by atoms with E-state index in [0.29, 0.717) is 15.8 Å². The van der Waals surface area contributed by atoms with Crippen LogP contribution in [-0.2, 0) is 9.59 Å². The van der Waals surface area contributed by atoms with Crippen molar-refractivity contribution >= 4 is 33.9 Å². The molecule has 0 heterocycles. The van der Waals surface area contributed by atoms with Crippen LogP contribution in [0.15, 0.2) is 22.2 Å². The summed E-state index contributed by atoms with van der Waals surface area (Å²) in [6.45, 7) is 1.28. The van der Waals surface area contributed by atoms with Crippen LogP contribution in [0, 0.1) is 11.3 Å². The summed E-state index contributed by atoms with van der Waals surface area (Å²) in [6.07, 6.45) is 1.44. The number of hydrogen-bond acceptors (Lipinski definition) is 5. The molecule has 0 aliphatic rings. The Morgan fingerprint density at radius 2 is 1.95 bits per heavy atom. The molecule has 1 rings (SSSR count). The highest BCUT2D eigenvalue weighted by atomic mass is 79.9. The number of carbonyl (C=O) groups is 2. The molecule has 0 bridgehead atoms. The highest BCUT2D eigenvalue weighted by Gasteiger charge is 2.15. The fraction of sp³-hybridized carbons (Fsp3) is 0.267. The summed E-state index contributed by atoms with van der Waals surface area (Å²) in [6, 6.07) is 4.98. The number of rotatable bonds is 4. The van der Waals surface area contributed by atoms with Crippen LogP contribution in [0.4, 0.5) is 0 Å². The molecule has 0 saturated carbocycles. The van der Waals surface area contributed by atoms with Crippen LogP contribution in [0.25, 0.3) is 6.08 Å². The molecule has 0 spiro atoms. The lowest BCUT2D eigenvalue weighted by atomic mass is 10.1. The van der Waals surface area contributed by atoms with Gasteiger partial charge < -0.3 is 14.4 Å². The molecule has 1 aromatic rings. The SMILES string of the molecule is COc1cc(/C=C(/C#N)C(=O)N(C)C)c(Br)cc1OC(C)=O. The van der Waals surface area contributed by atoms with E-state index >= 15 is 0 Å². The molecule has 22 heavy (non-hydrogen) atoms. The molecule has 0 aliphatic heterocycles. The largest absolute Gasteiger partial charge is 0.493 e. The molecule has 0 saturated heterocycles. The van der Waals surface area contributed by atoms with Gasteiger partial charge in [-0.25, -0.2) is 0 Å². The van der Waals surface area contributed by atoms with E-state index < -0.39 is 11.9 Å². The van der Waals surface area contributed by atoms with Crippen molar-refractivity contribution < 1.29 is 19.1 Å². The third-order valence-corrected chi connectivity index (χ3v) is 3.28. The molecule has 0 unspecified atom stereocenters. The quantitative estimate of drug-likeness (QED) is 0.353. The van der Waals surface area contributed by atoms with Gasteiger partial charge in [0.05, 0.1) is 7.11 Å². The number of halogens is 1. The van der Waals surface area contributed by atoms with Gasteiger partial charge in [-0.3, -0.25) is 9.59 Å². The lowest BCUT2D eigenvalue weighted by Crippen LogP contribution is -2.22. The summed E-state index contributed by atoms with van der Waals surface area (Å²) in [5, 5.41) is 9.12. The Kier molecular flexibility index (Phi) is 6.13. The number of ether oxygens (including phenoxy) is 2. The Bertz CT molecular complexity index is 675. The first-order valence-electron chi connectivity index (χ1n) is 6.19. The average Bonchev–Trinajstić information content (AvgIpc) is 2.45. The van der Waals surface area contributed by atoms with Gasteiger partial charge in [0.1, 0.15) is 11.6 Å². The molecule has 0 atom stereocenters. The molecule has 0 aliphatic carbocycles. The zero-order valence-electron chi connectivity index (χ0n) is 12.6. The molecule has 7 heteroatoms. The van der Waals surface area contributed by atoms with Crippen molar-refractivity contribution in [2.45, 2.75) is 6.92 Å². The van der Waals surface area contributed by atoms with Crippen molar-refractivity contribution in [3.8, 4) is 17.6 Å². The van der Waals surface area contributed by atoms with E-state index in [1.165, 1.54) is 25.0 Å². The molecular formula is C15H15BrN2O4. The molecule has 0 aromatic heterocycles. The second-order valence-corrected chi connectivity index (χ2v) is 5.34. The monoisotopic (exact) mass is 366 g/mol. The Morgan fingerprint density at radius 3 is 2.41 bits per heavy atom. The van der Waals surface area contributed by atoms with Gasteiger partial charge in [-0.15, -0.1) is 0 Å². The molecule has 0 N–H and O–H groups in total. The van der Waals surface area contributed by atoms with E-state index in [9.17, 15) is 9.59 Å². The number of methoxy groups -OCH3 is 1. The topological polar surface area (TPSA) is 79.6 Å². The van der Waals surface area contributed by atoms with Crippen LogP contribution in [0.3, 0.4) is 0 Å². The van der Waals surface area contributed by atoms with Crippen molar-refractivity contribution in [2.75, 3.05) is 21.2 Å². The summed E-state index contributed by atoms with van der Waals surface area (Å²) in [7, 11) is 4.56. The normalized spacial score (nSPS) is 10.6. The fourth-order valence-corrected chi connectivity index (χ4v) is 2.03. The standard InChI is InChI=1S/C15H15BrN2O4/c1-9(19)22-14-7-12(16)10(6-13(14)21-4)5-11(8-17)15(20)18(2)3/h5-7H,1-4H3/b11-5-. The third-order valence-electron chi connectivity index (χ3n) is 2.59. The minimum absolute atomic E-state index is 0.0204. The van der Waals surface area contributed by atoms with E-state index in [1.54, 1.807) is 26.2 Å². The molecule has 1 aromatic carbocycles. The Labute approximate surface area is 137 Å². The van der Waals surface area contributed by atoms with Gasteiger partial charge in [0, 0.05) is 25.5 Å². The van der Waals surface area contributed by atoms with Crippen LogP contribution in [0.1, 0.15) is 12.5 Å². The Balaban J connectivity index is 3.34. The summed E-state index contributed by atoms with van der Waals surface area (Å²) >= 11 is 3.32. The van der Waals surface area contributed by atoms with Gasteiger partial charge >= 0.3 is 5.97 Å². The fourth-order valence-electron chi connectivity index (χ4n) is 1.59. The lowest BCUT2D eigenvalue weighted by molar-refractivity contribution is -0.132. The predicted molar refractivity (Wildman–Crippen MR) is 84.3 cm³/mol. The van der Waals surface area contributed by atoms with E-state index in [2.05, 4.69) is 15.9 Å². The van der Waals surface area contributed by atoms with E-state index in [1.807, 2.05) is 6.07 Å². The third kappa shape index (κ3) is 4.33. The molecule has 116 valence electrons. The molecule has 1 amide bonds. The summed E-state index contributed by atoms with van der Waals surface area (Å²) in [5.41, 5.74) is 0.535. The number of likely N-dealkylation sites (N-methyl/N-ethyl adjacent to an activating group) is 1. The van der Waals surface area contributed by atoms with Gasteiger partial charge in [-0.1, -0.05) is 15.9 Å². The number of carbonyl (C=O) groups excluding carboxylic acids is 2. The van der Waals surface area contributed by atoms with Crippen LogP contribution in [-0.4, -0.2) is 38.0 Å². The zero-order chi connectivity index (χ0) is 16.9. The minimum atomic E-state index is -0.478.